The van der Waals surface area contributed by atoms with Crippen LogP contribution in [0.1, 0.15) is 36.7 Å². The van der Waals surface area contributed by atoms with Crippen LogP contribution in [0.3, 0.4) is 0 Å². The maximum absolute atomic E-state index is 12.9. The minimum atomic E-state index is -0.121. The predicted octanol–water partition coefficient (Wildman–Crippen LogP) is 2.87. The van der Waals surface area contributed by atoms with E-state index >= 15 is 0 Å². The topological polar surface area (TPSA) is 91.5 Å². The van der Waals surface area contributed by atoms with Crippen molar-refractivity contribution < 1.29 is 9.32 Å². The number of carbonyl (C=O) groups is 1. The molecule has 1 atom stereocenters. The molecule has 3 aromatic heterocycles. The molecule has 0 spiro atoms. The summed E-state index contributed by atoms with van der Waals surface area (Å²) >= 11 is 0. The Kier molecular flexibility index (Phi) is 5.70. The predicted molar refractivity (Wildman–Crippen MR) is 121 cm³/mol. The number of hydrogen-bond acceptors (Lipinski definition) is 8. The Hall–Kier alpha value is -3.49. The number of carbonyl (C=O) groups excluding carboxylic acids is 1. The van der Waals surface area contributed by atoms with E-state index in [4.69, 9.17) is 4.52 Å². The van der Waals surface area contributed by atoms with E-state index in [0.717, 1.165) is 23.7 Å². The van der Waals surface area contributed by atoms with Gasteiger partial charge in [0.15, 0.2) is 23.1 Å². The van der Waals surface area contributed by atoms with Crippen LogP contribution in [0.15, 0.2) is 47.2 Å². The molecule has 9 heteroatoms. The highest BCUT2D eigenvalue weighted by Gasteiger charge is 2.26. The third-order valence-electron chi connectivity index (χ3n) is 6.30. The fourth-order valence-corrected chi connectivity index (χ4v) is 4.40. The average Bonchev–Trinajstić information content (AvgIpc) is 3.35. The van der Waals surface area contributed by atoms with Gasteiger partial charge in [-0.2, -0.15) is 0 Å². The van der Waals surface area contributed by atoms with Crippen LogP contribution in [-0.2, 0) is 0 Å². The Balaban J connectivity index is 1.19. The Morgan fingerprint density at radius 2 is 1.84 bits per heavy atom. The van der Waals surface area contributed by atoms with Crippen molar-refractivity contribution in [1.29, 1.82) is 0 Å². The van der Waals surface area contributed by atoms with Crippen molar-refractivity contribution in [3.63, 3.8) is 0 Å². The SMILES string of the molecule is CC1CCCCN1c1ccc(N2CCN(C(=O)c3cc(-c4cccnc4)on3)CC2)nn1. The van der Waals surface area contributed by atoms with Gasteiger partial charge in [0, 0.05) is 62.8 Å². The largest absolute Gasteiger partial charge is 0.355 e. The molecule has 0 aliphatic carbocycles. The highest BCUT2D eigenvalue weighted by Crippen LogP contribution is 2.24. The number of nitrogens with zero attached hydrogens (tertiary/aromatic N) is 7. The summed E-state index contributed by atoms with van der Waals surface area (Å²) in [6, 6.07) is 9.99. The van der Waals surface area contributed by atoms with Crippen molar-refractivity contribution in [3.05, 3.63) is 48.4 Å². The molecule has 0 aromatic carbocycles. The van der Waals surface area contributed by atoms with Crippen LogP contribution in [0.2, 0.25) is 0 Å². The van der Waals surface area contributed by atoms with Gasteiger partial charge in [0.1, 0.15) is 0 Å². The molecule has 5 rings (SSSR count). The van der Waals surface area contributed by atoms with Crippen LogP contribution in [0.25, 0.3) is 11.3 Å². The van der Waals surface area contributed by atoms with E-state index in [-0.39, 0.29) is 5.91 Å². The zero-order chi connectivity index (χ0) is 21.9. The molecule has 9 nitrogen and oxygen atoms in total. The molecular weight excluding hydrogens is 406 g/mol. The Morgan fingerprint density at radius 1 is 1.03 bits per heavy atom. The normalized spacial score (nSPS) is 19.3. The van der Waals surface area contributed by atoms with E-state index < -0.39 is 0 Å². The van der Waals surface area contributed by atoms with Crippen molar-refractivity contribution in [3.8, 4) is 11.3 Å². The van der Waals surface area contributed by atoms with Crippen LogP contribution in [0.4, 0.5) is 11.6 Å². The standard InChI is InChI=1S/C23H27N7O2/c1-17-5-2-3-10-30(17)22-8-7-21(25-26-22)28-11-13-29(14-12-28)23(31)19-15-20(32-27-19)18-6-4-9-24-16-18/h4,6-9,15-17H,2-3,5,10-14H2,1H3. The summed E-state index contributed by atoms with van der Waals surface area (Å²) in [4.78, 5) is 23.3. The van der Waals surface area contributed by atoms with E-state index in [1.54, 1.807) is 23.4 Å². The lowest BCUT2D eigenvalue weighted by atomic mass is 10.0. The van der Waals surface area contributed by atoms with Gasteiger partial charge < -0.3 is 19.2 Å². The number of piperidine rings is 1. The average molecular weight is 434 g/mol. The van der Waals surface area contributed by atoms with Gasteiger partial charge in [0.2, 0.25) is 0 Å². The molecule has 0 bridgehead atoms. The lowest BCUT2D eigenvalue weighted by Gasteiger charge is -2.36. The molecule has 0 radical (unpaired) electrons. The van der Waals surface area contributed by atoms with Crippen LogP contribution < -0.4 is 9.80 Å². The molecule has 32 heavy (non-hydrogen) atoms. The summed E-state index contributed by atoms with van der Waals surface area (Å²) < 4.78 is 5.35. The molecule has 2 aliphatic rings. The van der Waals surface area contributed by atoms with Gasteiger partial charge in [0.05, 0.1) is 0 Å². The first-order chi connectivity index (χ1) is 15.7. The van der Waals surface area contributed by atoms with Crippen molar-refractivity contribution >= 4 is 17.5 Å². The summed E-state index contributed by atoms with van der Waals surface area (Å²) in [5.74, 6) is 2.22. The van der Waals surface area contributed by atoms with Crippen LogP contribution >= 0.6 is 0 Å². The molecule has 5 heterocycles. The molecule has 2 aliphatic heterocycles. The van der Waals surface area contributed by atoms with E-state index in [2.05, 4.69) is 43.1 Å². The van der Waals surface area contributed by atoms with Gasteiger partial charge in [-0.15, -0.1) is 10.2 Å². The third-order valence-corrected chi connectivity index (χ3v) is 6.30. The Bertz CT molecular complexity index is 1050. The second-order valence-corrected chi connectivity index (χ2v) is 8.39. The van der Waals surface area contributed by atoms with Gasteiger partial charge in [-0.25, -0.2) is 0 Å². The first-order valence-corrected chi connectivity index (χ1v) is 11.2. The smallest absolute Gasteiger partial charge is 0.276 e. The molecule has 0 N–H and O–H groups in total. The third kappa shape index (κ3) is 4.15. The van der Waals surface area contributed by atoms with E-state index in [0.29, 0.717) is 43.7 Å². The number of hydrogen-bond donors (Lipinski definition) is 0. The number of anilines is 2. The van der Waals surface area contributed by atoms with Crippen LogP contribution in [0.5, 0.6) is 0 Å². The van der Waals surface area contributed by atoms with Crippen molar-refractivity contribution in [2.45, 2.75) is 32.2 Å². The number of pyridine rings is 1. The Labute approximate surface area is 187 Å². The number of aromatic nitrogens is 4. The molecule has 2 fully saturated rings. The molecule has 0 saturated carbocycles. The second kappa shape index (κ2) is 8.94. The Morgan fingerprint density at radius 3 is 2.56 bits per heavy atom. The highest BCUT2D eigenvalue weighted by molar-refractivity contribution is 5.93. The van der Waals surface area contributed by atoms with Gasteiger partial charge in [0.25, 0.3) is 5.91 Å². The van der Waals surface area contributed by atoms with Gasteiger partial charge in [-0.3, -0.25) is 9.78 Å². The number of rotatable bonds is 4. The summed E-state index contributed by atoms with van der Waals surface area (Å²) in [7, 11) is 0. The lowest BCUT2D eigenvalue weighted by Crippen LogP contribution is -2.49. The summed E-state index contributed by atoms with van der Waals surface area (Å²) in [6.45, 7) is 5.89. The first kappa shape index (κ1) is 20.4. The van der Waals surface area contributed by atoms with Crippen molar-refractivity contribution in [2.24, 2.45) is 0 Å². The first-order valence-electron chi connectivity index (χ1n) is 11.2. The number of piperazine rings is 1. The molecule has 1 unspecified atom stereocenters. The molecule has 1 amide bonds. The molecule has 3 aromatic rings. The quantitative estimate of drug-likeness (QED) is 0.620. The minimum Gasteiger partial charge on any atom is -0.355 e. The van der Waals surface area contributed by atoms with E-state index in [9.17, 15) is 4.79 Å². The number of amides is 1. The van der Waals surface area contributed by atoms with Crippen LogP contribution in [-0.4, -0.2) is 69.9 Å². The fourth-order valence-electron chi connectivity index (χ4n) is 4.40. The minimum absolute atomic E-state index is 0.121. The zero-order valence-electron chi connectivity index (χ0n) is 18.2. The van der Waals surface area contributed by atoms with Gasteiger partial charge in [-0.1, -0.05) is 5.16 Å². The monoisotopic (exact) mass is 433 g/mol. The van der Waals surface area contributed by atoms with E-state index in [1.807, 2.05) is 18.2 Å². The van der Waals surface area contributed by atoms with Gasteiger partial charge >= 0.3 is 0 Å². The van der Waals surface area contributed by atoms with Crippen LogP contribution in [0, 0.1) is 0 Å². The second-order valence-electron chi connectivity index (χ2n) is 8.39. The van der Waals surface area contributed by atoms with Crippen molar-refractivity contribution in [2.75, 3.05) is 42.5 Å². The summed E-state index contributed by atoms with van der Waals surface area (Å²) in [6.07, 6.45) is 7.07. The zero-order valence-corrected chi connectivity index (χ0v) is 18.2. The van der Waals surface area contributed by atoms with Crippen molar-refractivity contribution in [1.82, 2.24) is 25.2 Å². The maximum atomic E-state index is 12.9. The highest BCUT2D eigenvalue weighted by atomic mass is 16.5. The van der Waals surface area contributed by atoms with E-state index in [1.165, 1.54) is 19.3 Å². The maximum Gasteiger partial charge on any atom is 0.276 e. The lowest BCUT2D eigenvalue weighted by molar-refractivity contribution is 0.0736. The van der Waals surface area contributed by atoms with Gasteiger partial charge in [-0.05, 0) is 50.5 Å². The fraction of sp³-hybridized carbons (Fsp3) is 0.435. The summed E-state index contributed by atoms with van der Waals surface area (Å²) in [5.41, 5.74) is 1.11. The molecule has 2 saturated heterocycles. The molecule has 166 valence electrons. The summed E-state index contributed by atoms with van der Waals surface area (Å²) in [5, 5.41) is 12.9. The molecular formula is C23H27N7O2.